The highest BCUT2D eigenvalue weighted by molar-refractivity contribution is 7.74. The van der Waals surface area contributed by atoms with Crippen LogP contribution in [-0.4, -0.2) is 183 Å². The fourth-order valence-electron chi connectivity index (χ4n) is 6.37. The summed E-state index contributed by atoms with van der Waals surface area (Å²) in [6.07, 6.45) is -21.1. The molecule has 21 atom stereocenters. The Bertz CT molecular complexity index is 1130. The van der Waals surface area contributed by atoms with Crippen molar-refractivity contribution in [1.82, 2.24) is 0 Å². The van der Waals surface area contributed by atoms with Crippen molar-refractivity contribution >= 4 is 22.7 Å². The Hall–Kier alpha value is -0.540. The lowest BCUT2D eigenvalue weighted by Gasteiger charge is -2.46. The first kappa shape index (κ1) is 57.6. The fourth-order valence-corrected chi connectivity index (χ4v) is 6.68. The number of aliphatic hydroxyl groups is 7. The van der Waals surface area contributed by atoms with Gasteiger partial charge in [0.2, 0.25) is 0 Å². The highest BCUT2D eigenvalue weighted by atomic mass is 32.2. The minimum Gasteiger partial charge on any atom is -0.748 e. The highest BCUT2D eigenvalue weighted by Crippen LogP contribution is 2.35. The molecule has 23 nitrogen and oxygen atoms in total. The van der Waals surface area contributed by atoms with Crippen LogP contribution in [0.25, 0.3) is 0 Å². The second kappa shape index (κ2) is 25.9. The predicted octanol–water partition coefficient (Wildman–Crippen LogP) is -2.99. The monoisotopic (exact) mass is 868 g/mol. The molecule has 0 bridgehead atoms. The summed E-state index contributed by atoms with van der Waals surface area (Å²) < 4.78 is 92.4. The second-order valence-corrected chi connectivity index (χ2v) is 13.9. The first-order chi connectivity index (χ1) is 24.0. The predicted molar refractivity (Wildman–Crippen MR) is 189 cm³/mol. The Labute approximate surface area is 332 Å². The van der Waals surface area contributed by atoms with Crippen LogP contribution in [0.5, 0.6) is 0 Å². The van der Waals surface area contributed by atoms with Crippen LogP contribution in [0, 0.1) is 17.8 Å². The minimum absolute atomic E-state index is 0. The van der Waals surface area contributed by atoms with Crippen LogP contribution in [0.3, 0.4) is 0 Å². The van der Waals surface area contributed by atoms with E-state index in [1.807, 2.05) is 0 Å². The smallest absolute Gasteiger partial charge is 0.186 e. The van der Waals surface area contributed by atoms with E-state index in [1.54, 1.807) is 6.92 Å². The van der Waals surface area contributed by atoms with E-state index in [1.165, 1.54) is 20.8 Å². The van der Waals surface area contributed by atoms with Crippen molar-refractivity contribution in [3.8, 4) is 0 Å². The number of ether oxygens (including phenoxy) is 7. The molecular formula is C31H64O23S2-2. The lowest BCUT2D eigenvalue weighted by atomic mass is 9.88. The second-order valence-electron chi connectivity index (χ2n) is 12.8. The third-order valence-electron chi connectivity index (χ3n) is 9.42. The summed E-state index contributed by atoms with van der Waals surface area (Å²) >= 11 is -6.28. The van der Waals surface area contributed by atoms with Gasteiger partial charge in [0.25, 0.3) is 0 Å². The molecule has 0 aromatic heterocycles. The van der Waals surface area contributed by atoms with Crippen molar-refractivity contribution in [3.63, 3.8) is 0 Å². The molecule has 4 aliphatic heterocycles. The number of rotatable bonds is 15. The highest BCUT2D eigenvalue weighted by Gasteiger charge is 2.51. The summed E-state index contributed by atoms with van der Waals surface area (Å²) in [5, 5.41) is 74.0. The van der Waals surface area contributed by atoms with Gasteiger partial charge in [-0.15, -0.1) is 8.67 Å². The van der Waals surface area contributed by atoms with Gasteiger partial charge >= 0.3 is 0 Å². The molecule has 4 aliphatic rings. The van der Waals surface area contributed by atoms with E-state index >= 15 is 0 Å². The van der Waals surface area contributed by atoms with E-state index in [-0.39, 0.29) is 48.4 Å². The molecule has 4 fully saturated rings. The first-order valence-corrected chi connectivity index (χ1v) is 18.1. The molecule has 0 saturated carbocycles. The summed E-state index contributed by atoms with van der Waals surface area (Å²) in [6.45, 7) is 4.51. The standard InChI is InChI=1S/C27H48O22S2.4CH4.H2O/c1-9-17(29)13(16(28)8-39-9)5-40-25-19(31)14(23(11(3)44-25)46-48-50(35)36)6-41-26-20(32)15(24(12(4)45-26)47-49-51(37)38)7-42-27-22(34)21(33)18(30)10(2)43-27;;;;;/h9-34H,5-8H2,1-4H3,(H,35,36)(H,37,38);4*1H4;1H2/p-2/t9?,10?,11?,12?,13-,14-,15-,16?,17-,18-,19?,20?,21+,22?,23-,24-,25-,26-,27-;;;;;/m1...../s1. The maximum absolute atomic E-state index is 11.3. The maximum Gasteiger partial charge on any atom is 0.186 e. The van der Waals surface area contributed by atoms with Gasteiger partial charge in [0.05, 0.1) is 63.1 Å². The normalized spacial score (nSPS) is 43.6. The van der Waals surface area contributed by atoms with Gasteiger partial charge in [-0.25, -0.2) is 18.2 Å². The molecule has 9 N–H and O–H groups in total. The van der Waals surface area contributed by atoms with E-state index in [0.717, 1.165) is 0 Å². The Kier molecular flexibility index (Phi) is 26.7. The van der Waals surface area contributed by atoms with E-state index < -0.39 is 152 Å². The third kappa shape index (κ3) is 14.3. The van der Waals surface area contributed by atoms with E-state index in [4.69, 9.17) is 42.9 Å². The summed E-state index contributed by atoms with van der Waals surface area (Å²) in [5.74, 6) is -3.24. The average molecular weight is 869 g/mol. The first-order valence-electron chi connectivity index (χ1n) is 16.1. The molecule has 4 rings (SSSR count). The number of hydrogen-bond donors (Lipinski definition) is 7. The zero-order valence-corrected chi connectivity index (χ0v) is 30.0. The van der Waals surface area contributed by atoms with Crippen LogP contribution >= 0.6 is 0 Å². The Morgan fingerprint density at radius 2 is 0.911 bits per heavy atom. The van der Waals surface area contributed by atoms with Gasteiger partial charge in [-0.3, -0.25) is 0 Å². The molecule has 10 unspecified atom stereocenters. The molecule has 340 valence electrons. The zero-order chi connectivity index (χ0) is 37.7. The molecule has 0 spiro atoms. The minimum atomic E-state index is -3.14. The van der Waals surface area contributed by atoms with Gasteiger partial charge < -0.3 is 83.5 Å². The molecule has 0 radical (unpaired) electrons. The van der Waals surface area contributed by atoms with Gasteiger partial charge in [-0.1, -0.05) is 29.7 Å². The van der Waals surface area contributed by atoms with Gasteiger partial charge in [-0.05, 0) is 27.7 Å². The van der Waals surface area contributed by atoms with Crippen molar-refractivity contribution in [2.45, 2.75) is 156 Å². The lowest BCUT2D eigenvalue weighted by Crippen LogP contribution is -2.60. The third-order valence-corrected chi connectivity index (χ3v) is 9.80. The van der Waals surface area contributed by atoms with Gasteiger partial charge in [0, 0.05) is 17.8 Å². The van der Waals surface area contributed by atoms with Crippen LogP contribution in [0.1, 0.15) is 57.4 Å². The van der Waals surface area contributed by atoms with Gasteiger partial charge in [0.1, 0.15) is 65.5 Å². The largest absolute Gasteiger partial charge is 0.748 e. The van der Waals surface area contributed by atoms with Crippen LogP contribution in [-0.2, 0) is 74.3 Å². The Morgan fingerprint density at radius 1 is 0.536 bits per heavy atom. The zero-order valence-electron chi connectivity index (χ0n) is 28.4. The molecular weight excluding hydrogens is 804 g/mol. The molecule has 4 saturated heterocycles. The number of aliphatic hydroxyl groups excluding tert-OH is 7. The van der Waals surface area contributed by atoms with Crippen LogP contribution in [0.2, 0.25) is 0 Å². The van der Waals surface area contributed by atoms with E-state index in [0.29, 0.717) is 0 Å². The van der Waals surface area contributed by atoms with E-state index in [9.17, 15) is 53.3 Å². The summed E-state index contributed by atoms with van der Waals surface area (Å²) in [5.41, 5.74) is 0. The fraction of sp³-hybridized carbons (Fsp3) is 1.00. The molecule has 56 heavy (non-hydrogen) atoms. The van der Waals surface area contributed by atoms with Crippen molar-refractivity contribution in [1.29, 1.82) is 0 Å². The summed E-state index contributed by atoms with van der Waals surface area (Å²) in [6, 6.07) is 0. The summed E-state index contributed by atoms with van der Waals surface area (Å²) in [4.78, 5) is 10.0. The van der Waals surface area contributed by atoms with Crippen molar-refractivity contribution < 1.29 is 110 Å². The molecule has 25 heteroatoms. The van der Waals surface area contributed by atoms with Crippen LogP contribution in [0.15, 0.2) is 0 Å². The van der Waals surface area contributed by atoms with Crippen molar-refractivity contribution in [2.24, 2.45) is 17.8 Å². The summed E-state index contributed by atoms with van der Waals surface area (Å²) in [7, 11) is 0. The van der Waals surface area contributed by atoms with Gasteiger partial charge in [0.15, 0.2) is 18.9 Å². The maximum atomic E-state index is 11.3. The molecule has 4 heterocycles. The molecule has 0 amide bonds. The van der Waals surface area contributed by atoms with Gasteiger partial charge in [-0.2, -0.15) is 0 Å². The quantitative estimate of drug-likeness (QED) is 0.0490. The van der Waals surface area contributed by atoms with Crippen LogP contribution in [0.4, 0.5) is 0 Å². The van der Waals surface area contributed by atoms with Crippen LogP contribution < -0.4 is 0 Å². The molecule has 0 aliphatic carbocycles. The topological polar surface area (TPSA) is 355 Å². The lowest BCUT2D eigenvalue weighted by molar-refractivity contribution is -0.371. The average Bonchev–Trinajstić information content (AvgIpc) is 3.07. The Morgan fingerprint density at radius 3 is 1.32 bits per heavy atom. The van der Waals surface area contributed by atoms with Crippen molar-refractivity contribution in [2.75, 3.05) is 26.4 Å². The van der Waals surface area contributed by atoms with E-state index in [2.05, 4.69) is 8.67 Å². The van der Waals surface area contributed by atoms with Crippen molar-refractivity contribution in [3.05, 3.63) is 0 Å². The Balaban J connectivity index is 0. The molecule has 0 aromatic carbocycles. The SMILES string of the molecule is C.C.C.C.CC1O[C@@H](OC[C@@H]2C(O)[C@H](OC[C@@H]3C(O)[C@H](OC[C@@H]4C(O)COC(C)[C@H]4O)OC(C)[C@H]3OOS(=O)[O-])OC(C)[C@H]2OOS(=O)[O-])C(O)[C@@H](O)[C@@H]1O.O. The molecule has 0 aromatic rings. The number of hydrogen-bond acceptors (Lipinski definition) is 22.